The number of unbranched alkanes of at least 4 members (excludes halogenated alkanes) is 12. The molecule has 0 aromatic rings. The first kappa shape index (κ1) is 42.0. The van der Waals surface area contributed by atoms with Gasteiger partial charge < -0.3 is 10.4 Å². The summed E-state index contributed by atoms with van der Waals surface area (Å²) in [7, 11) is -4.31. The molecule has 1 amide bonds. The Hall–Kier alpha value is -1.96. The fraction of sp³-hybridized carbons (Fsp3) is 0.703. The molecular weight excluding hydrogens is 570 g/mol. The van der Waals surface area contributed by atoms with Gasteiger partial charge >= 0.3 is 0 Å². The molecule has 6 nitrogen and oxygen atoms in total. The van der Waals surface area contributed by atoms with Crippen LogP contribution in [0.15, 0.2) is 60.8 Å². The van der Waals surface area contributed by atoms with Crippen molar-refractivity contribution in [3.05, 3.63) is 60.8 Å². The summed E-state index contributed by atoms with van der Waals surface area (Å²) in [4.78, 5) is 12.4. The summed E-state index contributed by atoms with van der Waals surface area (Å²) in [6.45, 7) is 4.34. The van der Waals surface area contributed by atoms with Crippen molar-refractivity contribution in [3.63, 3.8) is 0 Å². The van der Waals surface area contributed by atoms with Crippen molar-refractivity contribution < 1.29 is 22.9 Å². The summed E-state index contributed by atoms with van der Waals surface area (Å²) in [5.41, 5.74) is 0. The number of rotatable bonds is 30. The van der Waals surface area contributed by atoms with Crippen LogP contribution in [0.5, 0.6) is 0 Å². The smallest absolute Gasteiger partial charge is 0.266 e. The van der Waals surface area contributed by atoms with Crippen LogP contribution in [-0.2, 0) is 14.9 Å². The van der Waals surface area contributed by atoms with Crippen molar-refractivity contribution in [2.24, 2.45) is 0 Å². The standard InChI is InChI=1S/C37H65NO5S/c1-3-5-7-9-11-13-14-15-16-17-18-19-20-21-22-23-24-25-27-29-31-33-37(40)38-35(34-44(41,42)43)36(39)32-30-28-26-12-10-8-6-4-2/h5,7,11,13,15-16,18-19,21-22,35-36,39H,3-4,6,8-10,12,14,17,20,23-34H2,1-2H3,(H,38,40)(H,41,42,43)/b7-5-,13-11-,16-15-,19-18-,22-21-. The van der Waals surface area contributed by atoms with Crippen LogP contribution in [0.25, 0.3) is 0 Å². The highest BCUT2D eigenvalue weighted by atomic mass is 32.2. The Morgan fingerprint density at radius 2 is 1.09 bits per heavy atom. The first-order chi connectivity index (χ1) is 21.3. The number of carbonyl (C=O) groups is 1. The fourth-order valence-electron chi connectivity index (χ4n) is 4.89. The number of amides is 1. The predicted molar refractivity (Wildman–Crippen MR) is 188 cm³/mol. The van der Waals surface area contributed by atoms with Crippen LogP contribution in [0.2, 0.25) is 0 Å². The van der Waals surface area contributed by atoms with Crippen molar-refractivity contribution in [1.82, 2.24) is 5.32 Å². The summed E-state index contributed by atoms with van der Waals surface area (Å²) in [5.74, 6) is -0.931. The van der Waals surface area contributed by atoms with Crippen LogP contribution < -0.4 is 5.32 Å². The molecular formula is C37H65NO5S. The minimum Gasteiger partial charge on any atom is -0.391 e. The van der Waals surface area contributed by atoms with E-state index in [1.165, 1.54) is 32.1 Å². The van der Waals surface area contributed by atoms with E-state index in [2.05, 4.69) is 79.9 Å². The van der Waals surface area contributed by atoms with Gasteiger partial charge in [0.1, 0.15) is 0 Å². The molecule has 0 saturated carbocycles. The lowest BCUT2D eigenvalue weighted by molar-refractivity contribution is -0.122. The van der Waals surface area contributed by atoms with Crippen LogP contribution in [0.3, 0.4) is 0 Å². The second-order valence-electron chi connectivity index (χ2n) is 11.8. The van der Waals surface area contributed by atoms with E-state index in [-0.39, 0.29) is 5.91 Å². The lowest BCUT2D eigenvalue weighted by Gasteiger charge is -2.23. The van der Waals surface area contributed by atoms with E-state index in [1.54, 1.807) is 0 Å². The normalized spacial score (nSPS) is 14.2. The van der Waals surface area contributed by atoms with Crippen molar-refractivity contribution >= 4 is 16.0 Å². The van der Waals surface area contributed by atoms with Gasteiger partial charge in [-0.2, -0.15) is 8.42 Å². The van der Waals surface area contributed by atoms with E-state index in [4.69, 9.17) is 0 Å². The maximum Gasteiger partial charge on any atom is 0.266 e. The maximum absolute atomic E-state index is 12.4. The average Bonchev–Trinajstić information content (AvgIpc) is 2.98. The molecule has 3 N–H and O–H groups in total. The molecule has 0 bridgehead atoms. The SMILES string of the molecule is CC/C=C\C/C=C\C/C=C\C/C=C\C/C=C\CCCCCCCC(=O)NC(CS(=O)(=O)O)C(O)CCCCCCCCCC. The van der Waals surface area contributed by atoms with Gasteiger partial charge in [-0.15, -0.1) is 0 Å². The zero-order valence-corrected chi connectivity index (χ0v) is 28.8. The van der Waals surface area contributed by atoms with Crippen LogP contribution in [0.4, 0.5) is 0 Å². The predicted octanol–water partition coefficient (Wildman–Crippen LogP) is 9.73. The third kappa shape index (κ3) is 31.5. The highest BCUT2D eigenvalue weighted by Gasteiger charge is 2.26. The zero-order valence-electron chi connectivity index (χ0n) is 28.0. The minimum atomic E-state index is -4.31. The Labute approximate surface area is 271 Å². The molecule has 0 radical (unpaired) electrons. The van der Waals surface area contributed by atoms with Crippen LogP contribution in [0, 0.1) is 0 Å². The van der Waals surface area contributed by atoms with Gasteiger partial charge in [-0.1, -0.05) is 145 Å². The second-order valence-corrected chi connectivity index (χ2v) is 13.3. The van der Waals surface area contributed by atoms with Gasteiger partial charge in [-0.3, -0.25) is 9.35 Å². The molecule has 44 heavy (non-hydrogen) atoms. The largest absolute Gasteiger partial charge is 0.391 e. The fourth-order valence-corrected chi connectivity index (χ4v) is 5.65. The van der Waals surface area contributed by atoms with Gasteiger partial charge in [0, 0.05) is 6.42 Å². The van der Waals surface area contributed by atoms with Crippen LogP contribution >= 0.6 is 0 Å². The van der Waals surface area contributed by atoms with Crippen molar-refractivity contribution in [2.45, 2.75) is 161 Å². The number of aliphatic hydroxyl groups is 1. The Bertz CT molecular complexity index is 920. The van der Waals surface area contributed by atoms with Crippen LogP contribution in [0.1, 0.15) is 149 Å². The quantitative estimate of drug-likeness (QED) is 0.0414. The molecule has 0 saturated heterocycles. The summed E-state index contributed by atoms with van der Waals surface area (Å²) < 4.78 is 32.2. The van der Waals surface area contributed by atoms with Crippen molar-refractivity contribution in [2.75, 3.05) is 5.75 Å². The third-order valence-electron chi connectivity index (χ3n) is 7.49. The van der Waals surface area contributed by atoms with Gasteiger partial charge in [-0.25, -0.2) is 0 Å². The highest BCUT2D eigenvalue weighted by molar-refractivity contribution is 7.85. The van der Waals surface area contributed by atoms with E-state index < -0.39 is 28.0 Å². The molecule has 0 spiro atoms. The topological polar surface area (TPSA) is 104 Å². The van der Waals surface area contributed by atoms with E-state index >= 15 is 0 Å². The molecule has 0 aliphatic heterocycles. The molecule has 7 heteroatoms. The highest BCUT2D eigenvalue weighted by Crippen LogP contribution is 2.14. The first-order valence-corrected chi connectivity index (χ1v) is 19.1. The van der Waals surface area contributed by atoms with Crippen molar-refractivity contribution in [3.8, 4) is 0 Å². The van der Waals surface area contributed by atoms with Gasteiger partial charge in [-0.05, 0) is 57.8 Å². The Balaban J connectivity index is 3.95. The molecule has 0 aliphatic carbocycles. The first-order valence-electron chi connectivity index (χ1n) is 17.5. The average molecular weight is 636 g/mol. The minimum absolute atomic E-state index is 0.271. The van der Waals surface area contributed by atoms with E-state index in [0.29, 0.717) is 12.8 Å². The molecule has 0 aliphatic rings. The van der Waals surface area contributed by atoms with Gasteiger partial charge in [0.05, 0.1) is 17.9 Å². The van der Waals surface area contributed by atoms with E-state index in [1.807, 2.05) is 0 Å². The monoisotopic (exact) mass is 635 g/mol. The Morgan fingerprint density at radius 1 is 0.636 bits per heavy atom. The molecule has 2 unspecified atom stereocenters. The number of carbonyl (C=O) groups excluding carboxylic acids is 1. The third-order valence-corrected chi connectivity index (χ3v) is 8.27. The molecule has 0 heterocycles. The molecule has 0 rings (SSSR count). The van der Waals surface area contributed by atoms with Gasteiger partial charge in [0.15, 0.2) is 0 Å². The summed E-state index contributed by atoms with van der Waals surface area (Å²) in [6, 6.07) is -0.981. The van der Waals surface area contributed by atoms with Crippen molar-refractivity contribution in [1.29, 1.82) is 0 Å². The number of hydrogen-bond acceptors (Lipinski definition) is 4. The number of allylic oxidation sites excluding steroid dienone is 10. The Morgan fingerprint density at radius 3 is 1.61 bits per heavy atom. The number of hydrogen-bond donors (Lipinski definition) is 3. The van der Waals surface area contributed by atoms with Gasteiger partial charge in [0.2, 0.25) is 5.91 Å². The maximum atomic E-state index is 12.4. The molecule has 0 fully saturated rings. The lowest BCUT2D eigenvalue weighted by Crippen LogP contribution is -2.47. The Kier molecular flexibility index (Phi) is 29.7. The summed E-state index contributed by atoms with van der Waals surface area (Å²) in [6.07, 6.45) is 41.8. The summed E-state index contributed by atoms with van der Waals surface area (Å²) in [5, 5.41) is 13.2. The molecule has 254 valence electrons. The summed E-state index contributed by atoms with van der Waals surface area (Å²) >= 11 is 0. The van der Waals surface area contributed by atoms with E-state index in [0.717, 1.165) is 89.9 Å². The zero-order chi connectivity index (χ0) is 32.6. The van der Waals surface area contributed by atoms with Crippen LogP contribution in [-0.4, -0.2) is 41.9 Å². The lowest BCUT2D eigenvalue weighted by atomic mass is 10.0. The molecule has 2 atom stereocenters. The van der Waals surface area contributed by atoms with Gasteiger partial charge in [0.25, 0.3) is 10.1 Å². The number of aliphatic hydroxyl groups excluding tert-OH is 1. The second kappa shape index (κ2) is 31.0. The van der Waals surface area contributed by atoms with E-state index in [9.17, 15) is 22.9 Å². The number of nitrogens with one attached hydrogen (secondary N) is 1. The molecule has 0 aromatic carbocycles. The molecule has 0 aromatic heterocycles.